The summed E-state index contributed by atoms with van der Waals surface area (Å²) < 4.78 is 0. The molecule has 0 bridgehead atoms. The normalized spacial score (nSPS) is 12.6. The van der Waals surface area contributed by atoms with Crippen LogP contribution in [0.15, 0.2) is 24.5 Å². The molecule has 1 N–H and O–H groups in total. The molecule has 1 unspecified atom stereocenters. The number of anilines is 1. The van der Waals surface area contributed by atoms with Gasteiger partial charge in [0.25, 0.3) is 0 Å². The number of rotatable bonds is 4. The number of aromatic amines is 1. The first-order valence-corrected chi connectivity index (χ1v) is 6.15. The highest BCUT2D eigenvalue weighted by Gasteiger charge is 2.15. The number of fused-ring (bicyclic) bond motifs is 1. The average molecular weight is 242 g/mol. The number of hydrogen-bond acceptors (Lipinski definition) is 3. The molecule has 18 heavy (non-hydrogen) atoms. The van der Waals surface area contributed by atoms with Crippen LogP contribution in [0.1, 0.15) is 13.8 Å². The lowest BCUT2D eigenvalue weighted by Crippen LogP contribution is -2.27. The van der Waals surface area contributed by atoms with Gasteiger partial charge in [-0.15, -0.1) is 0 Å². The number of H-pyrrole nitrogens is 1. The zero-order chi connectivity index (χ0) is 13.1. The predicted molar refractivity (Wildman–Crippen MR) is 73.3 cm³/mol. The highest BCUT2D eigenvalue weighted by Crippen LogP contribution is 2.21. The van der Waals surface area contributed by atoms with Crippen LogP contribution in [-0.4, -0.2) is 23.6 Å². The molecule has 94 valence electrons. The summed E-state index contributed by atoms with van der Waals surface area (Å²) in [6.07, 6.45) is 1.70. The zero-order valence-corrected chi connectivity index (χ0v) is 11.0. The van der Waals surface area contributed by atoms with Gasteiger partial charge < -0.3 is 9.88 Å². The van der Waals surface area contributed by atoms with E-state index in [9.17, 15) is 0 Å². The number of nitrogens with zero attached hydrogens (tertiary/aromatic N) is 3. The van der Waals surface area contributed by atoms with E-state index in [1.54, 1.807) is 6.33 Å². The van der Waals surface area contributed by atoms with Gasteiger partial charge in [0.2, 0.25) is 0 Å². The van der Waals surface area contributed by atoms with Crippen LogP contribution in [0.4, 0.5) is 5.69 Å². The molecule has 0 saturated heterocycles. The summed E-state index contributed by atoms with van der Waals surface area (Å²) >= 11 is 0. The Morgan fingerprint density at radius 1 is 1.44 bits per heavy atom. The molecule has 0 aliphatic carbocycles. The smallest absolute Gasteiger partial charge is 0.0931 e. The van der Waals surface area contributed by atoms with E-state index in [2.05, 4.69) is 40.9 Å². The Morgan fingerprint density at radius 2 is 2.22 bits per heavy atom. The van der Waals surface area contributed by atoms with Gasteiger partial charge >= 0.3 is 0 Å². The van der Waals surface area contributed by atoms with E-state index in [1.165, 1.54) is 0 Å². The molecule has 1 aromatic carbocycles. The van der Waals surface area contributed by atoms with Gasteiger partial charge in [-0.25, -0.2) is 4.98 Å². The van der Waals surface area contributed by atoms with E-state index in [4.69, 9.17) is 5.26 Å². The molecule has 2 aromatic rings. The van der Waals surface area contributed by atoms with Crippen molar-refractivity contribution in [1.82, 2.24) is 9.97 Å². The zero-order valence-electron chi connectivity index (χ0n) is 11.0. The van der Waals surface area contributed by atoms with Crippen molar-refractivity contribution in [2.24, 2.45) is 11.8 Å². The SMILES string of the molecule is CC(C)C(C#N)CN(C)c1ccc2nc[nH]c2c1. The van der Waals surface area contributed by atoms with Crippen LogP contribution < -0.4 is 4.90 Å². The Balaban J connectivity index is 2.17. The molecule has 1 aromatic heterocycles. The largest absolute Gasteiger partial charge is 0.373 e. The monoisotopic (exact) mass is 242 g/mol. The van der Waals surface area contributed by atoms with E-state index >= 15 is 0 Å². The number of aromatic nitrogens is 2. The van der Waals surface area contributed by atoms with Crippen LogP contribution in [-0.2, 0) is 0 Å². The first-order valence-electron chi connectivity index (χ1n) is 6.15. The minimum Gasteiger partial charge on any atom is -0.373 e. The van der Waals surface area contributed by atoms with E-state index in [1.807, 2.05) is 19.2 Å². The first-order chi connectivity index (χ1) is 8.61. The molecule has 0 radical (unpaired) electrons. The predicted octanol–water partition coefficient (Wildman–Crippen LogP) is 2.79. The van der Waals surface area contributed by atoms with Gasteiger partial charge in [0.15, 0.2) is 0 Å². The molecule has 0 saturated carbocycles. The quantitative estimate of drug-likeness (QED) is 0.897. The molecule has 4 heteroatoms. The molecule has 0 aliphatic rings. The third kappa shape index (κ3) is 2.45. The summed E-state index contributed by atoms with van der Waals surface area (Å²) in [6, 6.07) is 8.47. The van der Waals surface area contributed by atoms with Crippen LogP contribution >= 0.6 is 0 Å². The van der Waals surface area contributed by atoms with Crippen molar-refractivity contribution in [3.63, 3.8) is 0 Å². The second-order valence-electron chi connectivity index (χ2n) is 4.96. The van der Waals surface area contributed by atoms with Crippen molar-refractivity contribution < 1.29 is 0 Å². The summed E-state index contributed by atoms with van der Waals surface area (Å²) in [5.74, 6) is 0.417. The summed E-state index contributed by atoms with van der Waals surface area (Å²) in [6.45, 7) is 4.91. The standard InChI is InChI=1S/C14H18N4/c1-10(2)11(7-15)8-18(3)12-4-5-13-14(6-12)17-9-16-13/h4-6,9-11H,8H2,1-3H3,(H,16,17). The van der Waals surface area contributed by atoms with Gasteiger partial charge in [0, 0.05) is 19.3 Å². The van der Waals surface area contributed by atoms with E-state index in [0.29, 0.717) is 5.92 Å². The Morgan fingerprint density at radius 3 is 2.89 bits per heavy atom. The van der Waals surface area contributed by atoms with E-state index < -0.39 is 0 Å². The Kier molecular flexibility index (Phi) is 3.52. The van der Waals surface area contributed by atoms with Gasteiger partial charge in [-0.05, 0) is 24.1 Å². The van der Waals surface area contributed by atoms with Crippen LogP contribution in [0.2, 0.25) is 0 Å². The Bertz CT molecular complexity index is 564. The lowest BCUT2D eigenvalue weighted by Gasteiger charge is -2.24. The highest BCUT2D eigenvalue weighted by atomic mass is 15.1. The number of nitrogens with one attached hydrogen (secondary N) is 1. The van der Waals surface area contributed by atoms with Crippen molar-refractivity contribution in [1.29, 1.82) is 5.26 Å². The van der Waals surface area contributed by atoms with Crippen molar-refractivity contribution >= 4 is 16.7 Å². The van der Waals surface area contributed by atoms with Crippen molar-refractivity contribution in [2.75, 3.05) is 18.5 Å². The van der Waals surface area contributed by atoms with Crippen LogP contribution in [0.3, 0.4) is 0 Å². The fraction of sp³-hybridized carbons (Fsp3) is 0.429. The lowest BCUT2D eigenvalue weighted by atomic mass is 9.97. The van der Waals surface area contributed by atoms with Gasteiger partial charge in [-0.1, -0.05) is 13.8 Å². The fourth-order valence-corrected chi connectivity index (χ4v) is 1.96. The maximum Gasteiger partial charge on any atom is 0.0931 e. The number of nitriles is 1. The van der Waals surface area contributed by atoms with Crippen LogP contribution in [0.25, 0.3) is 11.0 Å². The van der Waals surface area contributed by atoms with Crippen molar-refractivity contribution in [3.8, 4) is 6.07 Å². The van der Waals surface area contributed by atoms with Crippen LogP contribution in [0.5, 0.6) is 0 Å². The molecule has 0 fully saturated rings. The third-order valence-electron chi connectivity index (χ3n) is 3.29. The maximum absolute atomic E-state index is 9.14. The number of hydrogen-bond donors (Lipinski definition) is 1. The Labute approximate surface area is 107 Å². The first kappa shape index (κ1) is 12.4. The molecular formula is C14H18N4. The molecular weight excluding hydrogens is 224 g/mol. The van der Waals surface area contributed by atoms with Crippen molar-refractivity contribution in [3.05, 3.63) is 24.5 Å². The summed E-state index contributed by atoms with van der Waals surface area (Å²) in [4.78, 5) is 9.42. The second-order valence-corrected chi connectivity index (χ2v) is 4.96. The van der Waals surface area contributed by atoms with Gasteiger partial charge in [-0.2, -0.15) is 5.26 Å². The third-order valence-corrected chi connectivity index (χ3v) is 3.29. The summed E-state index contributed by atoms with van der Waals surface area (Å²) in [5, 5.41) is 9.14. The molecule has 4 nitrogen and oxygen atoms in total. The second kappa shape index (κ2) is 5.09. The minimum absolute atomic E-state index is 0.0486. The molecule has 2 rings (SSSR count). The summed E-state index contributed by atoms with van der Waals surface area (Å²) in [5.41, 5.74) is 3.10. The van der Waals surface area contributed by atoms with Gasteiger partial charge in [0.1, 0.15) is 0 Å². The molecule has 0 amide bonds. The molecule has 1 heterocycles. The van der Waals surface area contributed by atoms with Crippen molar-refractivity contribution in [2.45, 2.75) is 13.8 Å². The van der Waals surface area contributed by atoms with Crippen LogP contribution in [0, 0.1) is 23.2 Å². The van der Waals surface area contributed by atoms with E-state index in [-0.39, 0.29) is 5.92 Å². The number of benzene rings is 1. The molecule has 1 atom stereocenters. The average Bonchev–Trinajstić information content (AvgIpc) is 2.82. The van der Waals surface area contributed by atoms with E-state index in [0.717, 1.165) is 23.3 Å². The lowest BCUT2D eigenvalue weighted by molar-refractivity contribution is 0.477. The molecule has 0 spiro atoms. The fourth-order valence-electron chi connectivity index (χ4n) is 1.96. The Hall–Kier alpha value is -2.02. The topological polar surface area (TPSA) is 55.7 Å². The highest BCUT2D eigenvalue weighted by molar-refractivity contribution is 5.78. The summed E-state index contributed by atoms with van der Waals surface area (Å²) in [7, 11) is 2.02. The maximum atomic E-state index is 9.14. The minimum atomic E-state index is 0.0486. The molecule has 0 aliphatic heterocycles. The van der Waals surface area contributed by atoms with Gasteiger partial charge in [0.05, 0.1) is 29.3 Å². The number of imidazole rings is 1. The van der Waals surface area contributed by atoms with Gasteiger partial charge in [-0.3, -0.25) is 0 Å².